The van der Waals surface area contributed by atoms with Crippen molar-refractivity contribution in [1.29, 1.82) is 0 Å². The lowest BCUT2D eigenvalue weighted by Gasteiger charge is -2.28. The molecule has 0 spiro atoms. The van der Waals surface area contributed by atoms with E-state index in [1.54, 1.807) is 6.07 Å². The van der Waals surface area contributed by atoms with Crippen molar-refractivity contribution in [3.63, 3.8) is 0 Å². The summed E-state index contributed by atoms with van der Waals surface area (Å²) in [6.07, 6.45) is 1.15. The zero-order valence-corrected chi connectivity index (χ0v) is 19.4. The van der Waals surface area contributed by atoms with Crippen molar-refractivity contribution in [2.24, 2.45) is 11.3 Å². The Bertz CT molecular complexity index is 993. The Morgan fingerprint density at radius 1 is 1.16 bits per heavy atom. The highest BCUT2D eigenvalue weighted by molar-refractivity contribution is 7.96. The number of nitrogens with one attached hydrogen (secondary N) is 4. The topological polar surface area (TPSA) is 120 Å². The van der Waals surface area contributed by atoms with Crippen molar-refractivity contribution in [2.45, 2.75) is 52.1 Å². The Labute approximate surface area is 192 Å². The highest BCUT2D eigenvalue weighted by Crippen LogP contribution is 2.23. The van der Waals surface area contributed by atoms with E-state index in [2.05, 4.69) is 33.6 Å². The Balaban J connectivity index is 1.74. The average Bonchev–Trinajstić information content (AvgIpc) is 3.31. The molecule has 2 heterocycles. The minimum atomic E-state index is -0.910. The first kappa shape index (κ1) is 23.8. The third-order valence-electron chi connectivity index (χ3n) is 5.51. The maximum absolute atomic E-state index is 13.1. The minimum absolute atomic E-state index is 0.128. The number of hydrogen-bond acceptors (Lipinski definition) is 4. The van der Waals surface area contributed by atoms with Crippen LogP contribution in [-0.2, 0) is 14.4 Å². The molecule has 2 aromatic rings. The van der Waals surface area contributed by atoms with Gasteiger partial charge in [0.2, 0.25) is 16.9 Å². The molecule has 32 heavy (non-hydrogen) atoms. The predicted molar refractivity (Wildman–Crippen MR) is 125 cm³/mol. The Hall–Kier alpha value is -2.81. The van der Waals surface area contributed by atoms with E-state index < -0.39 is 29.0 Å². The summed E-state index contributed by atoms with van der Waals surface area (Å²) in [5.41, 5.74) is 0.911. The smallest absolute Gasteiger partial charge is 0.268 e. The fraction of sp³-hybridized carbons (Fsp3) is 0.478. The van der Waals surface area contributed by atoms with Crippen LogP contribution in [0.1, 0.15) is 50.5 Å². The molecule has 0 radical (unpaired) electrons. The highest BCUT2D eigenvalue weighted by Gasteiger charge is 2.33. The number of H-pyrrole nitrogens is 1. The molecule has 0 saturated carbocycles. The van der Waals surface area contributed by atoms with Gasteiger partial charge in [0.1, 0.15) is 11.7 Å². The molecular formula is C23H30N4O4S. The third kappa shape index (κ3) is 6.12. The first-order valence-corrected chi connectivity index (χ1v) is 11.2. The molecule has 3 atom stereocenters. The SMILES string of the molecule is CC(C)(C)C[C@H](NC(=O)c1cc2ccccc2[nH]1)C(=O)N[C@@H](C[C@@H]1CCNC1=O)C(=O)S. The predicted octanol–water partition coefficient (Wildman–Crippen LogP) is 2.17. The fourth-order valence-electron chi connectivity index (χ4n) is 3.90. The van der Waals surface area contributed by atoms with Gasteiger partial charge in [-0.2, -0.15) is 0 Å². The lowest BCUT2D eigenvalue weighted by atomic mass is 9.87. The number of thiol groups is 1. The fourth-order valence-corrected chi connectivity index (χ4v) is 4.07. The van der Waals surface area contributed by atoms with Crippen LogP contribution in [0.5, 0.6) is 0 Å². The molecule has 3 amide bonds. The number of aromatic amines is 1. The summed E-state index contributed by atoms with van der Waals surface area (Å²) in [6, 6.07) is 7.48. The molecule has 1 aromatic carbocycles. The lowest BCUT2D eigenvalue weighted by molar-refractivity contribution is -0.128. The van der Waals surface area contributed by atoms with Crippen molar-refractivity contribution in [3.8, 4) is 0 Å². The summed E-state index contributed by atoms with van der Waals surface area (Å²) < 4.78 is 0. The largest absolute Gasteiger partial charge is 0.356 e. The number of fused-ring (bicyclic) bond motifs is 1. The monoisotopic (exact) mass is 458 g/mol. The van der Waals surface area contributed by atoms with E-state index >= 15 is 0 Å². The van der Waals surface area contributed by atoms with Gasteiger partial charge in [-0.3, -0.25) is 19.2 Å². The number of para-hydroxylation sites is 1. The van der Waals surface area contributed by atoms with Gasteiger partial charge >= 0.3 is 0 Å². The molecule has 0 aliphatic carbocycles. The van der Waals surface area contributed by atoms with Crippen molar-refractivity contribution >= 4 is 46.4 Å². The van der Waals surface area contributed by atoms with E-state index in [4.69, 9.17) is 0 Å². The molecule has 3 rings (SSSR count). The zero-order valence-electron chi connectivity index (χ0n) is 18.5. The van der Waals surface area contributed by atoms with E-state index in [9.17, 15) is 19.2 Å². The van der Waals surface area contributed by atoms with Gasteiger partial charge in [-0.15, -0.1) is 12.6 Å². The van der Waals surface area contributed by atoms with Crippen molar-refractivity contribution in [1.82, 2.24) is 20.9 Å². The maximum Gasteiger partial charge on any atom is 0.268 e. The summed E-state index contributed by atoms with van der Waals surface area (Å²) in [5, 5.41) is 8.60. The minimum Gasteiger partial charge on any atom is -0.356 e. The molecule has 1 aliphatic rings. The van der Waals surface area contributed by atoms with E-state index in [-0.39, 0.29) is 23.7 Å². The molecule has 0 unspecified atom stereocenters. The van der Waals surface area contributed by atoms with E-state index in [1.807, 2.05) is 45.0 Å². The van der Waals surface area contributed by atoms with Gasteiger partial charge in [0.15, 0.2) is 0 Å². The van der Waals surface area contributed by atoms with Crippen LogP contribution in [0, 0.1) is 11.3 Å². The van der Waals surface area contributed by atoms with Crippen LogP contribution in [0.4, 0.5) is 0 Å². The summed E-state index contributed by atoms with van der Waals surface area (Å²) in [5.74, 6) is -1.36. The van der Waals surface area contributed by atoms with E-state index in [0.717, 1.165) is 10.9 Å². The Kier molecular flexibility index (Phi) is 7.28. The van der Waals surface area contributed by atoms with Gasteiger partial charge < -0.3 is 20.9 Å². The van der Waals surface area contributed by atoms with Gasteiger partial charge in [-0.05, 0) is 36.8 Å². The first-order chi connectivity index (χ1) is 15.0. The molecule has 0 bridgehead atoms. The lowest BCUT2D eigenvalue weighted by Crippen LogP contribution is -2.52. The van der Waals surface area contributed by atoms with Gasteiger partial charge in [-0.1, -0.05) is 39.0 Å². The van der Waals surface area contributed by atoms with Crippen molar-refractivity contribution < 1.29 is 19.2 Å². The van der Waals surface area contributed by atoms with Gasteiger partial charge in [-0.25, -0.2) is 0 Å². The molecular weight excluding hydrogens is 428 g/mol. The van der Waals surface area contributed by atoms with Crippen LogP contribution < -0.4 is 16.0 Å². The molecule has 4 N–H and O–H groups in total. The molecule has 8 nitrogen and oxygen atoms in total. The quantitative estimate of drug-likeness (QED) is 0.389. The molecule has 1 fully saturated rings. The second-order valence-electron chi connectivity index (χ2n) is 9.47. The third-order valence-corrected chi connectivity index (χ3v) is 5.82. The summed E-state index contributed by atoms with van der Waals surface area (Å²) in [4.78, 5) is 53.0. The second kappa shape index (κ2) is 9.77. The van der Waals surface area contributed by atoms with Crippen LogP contribution in [0.3, 0.4) is 0 Å². The first-order valence-electron chi connectivity index (χ1n) is 10.7. The molecule has 1 aromatic heterocycles. The standard InChI is InChI=1S/C23H30N4O4S/c1-23(2,3)12-18(27-20(29)16-10-13-6-4-5-7-15(13)25-16)21(30)26-17(22(31)32)11-14-8-9-24-19(14)28/h4-7,10,14,17-18,25H,8-9,11-12H2,1-3H3,(H,24,28)(H,26,30)(H,27,29)(H,31,32)/t14-,17-,18-/m0/s1. The Morgan fingerprint density at radius 3 is 2.47 bits per heavy atom. The average molecular weight is 459 g/mol. The van der Waals surface area contributed by atoms with Crippen LogP contribution in [0.25, 0.3) is 10.9 Å². The number of rotatable bonds is 8. The van der Waals surface area contributed by atoms with Crippen LogP contribution in [0.2, 0.25) is 0 Å². The number of amides is 3. The molecule has 1 aliphatic heterocycles. The normalized spacial score (nSPS) is 18.1. The number of aromatic nitrogens is 1. The van der Waals surface area contributed by atoms with Gasteiger partial charge in [0.25, 0.3) is 5.91 Å². The van der Waals surface area contributed by atoms with E-state index in [0.29, 0.717) is 25.1 Å². The molecule has 9 heteroatoms. The number of carbonyl (C=O) groups excluding carboxylic acids is 4. The Morgan fingerprint density at radius 2 is 1.88 bits per heavy atom. The highest BCUT2D eigenvalue weighted by atomic mass is 32.1. The molecule has 1 saturated heterocycles. The second-order valence-corrected chi connectivity index (χ2v) is 9.91. The number of benzene rings is 1. The van der Waals surface area contributed by atoms with Crippen LogP contribution in [0.15, 0.2) is 30.3 Å². The van der Waals surface area contributed by atoms with Crippen molar-refractivity contribution in [3.05, 3.63) is 36.0 Å². The van der Waals surface area contributed by atoms with Crippen LogP contribution in [-0.4, -0.2) is 46.4 Å². The summed E-state index contributed by atoms with van der Waals surface area (Å²) in [7, 11) is 0. The van der Waals surface area contributed by atoms with Gasteiger partial charge in [0, 0.05) is 23.4 Å². The summed E-state index contributed by atoms with van der Waals surface area (Å²) in [6.45, 7) is 6.45. The molecule has 172 valence electrons. The van der Waals surface area contributed by atoms with Gasteiger partial charge in [0.05, 0.1) is 6.04 Å². The zero-order chi connectivity index (χ0) is 23.5. The van der Waals surface area contributed by atoms with Crippen LogP contribution >= 0.6 is 12.6 Å². The van der Waals surface area contributed by atoms with Crippen molar-refractivity contribution in [2.75, 3.05) is 6.54 Å². The number of carbonyl (C=O) groups is 4. The van der Waals surface area contributed by atoms with E-state index in [1.165, 1.54) is 0 Å². The maximum atomic E-state index is 13.1. The number of hydrogen-bond donors (Lipinski definition) is 5. The summed E-state index contributed by atoms with van der Waals surface area (Å²) >= 11 is 3.90.